The molecule has 1 aromatic heterocycles. The minimum Gasteiger partial charge on any atom is -0.481 e. The zero-order valence-corrected chi connectivity index (χ0v) is 10.4. The summed E-state index contributed by atoms with van der Waals surface area (Å²) in [6.45, 7) is 0. The zero-order valence-electron chi connectivity index (χ0n) is 10.4. The number of pyridine rings is 1. The number of hydrogen-bond donors (Lipinski definition) is 1. The number of methoxy groups -OCH3 is 1. The second kappa shape index (κ2) is 5.86. The standard InChI is InChI=1S/C14H13NO4/c1-18-13-9-12(6-7-15-13)19-11-4-2-10(3-5-11)8-14(16)17/h2-7,9H,8H2,1H3,(H,16,17). The summed E-state index contributed by atoms with van der Waals surface area (Å²) in [6, 6.07) is 10.3. The van der Waals surface area contributed by atoms with E-state index in [0.29, 0.717) is 17.4 Å². The molecule has 0 fully saturated rings. The number of carboxylic acids is 1. The minimum atomic E-state index is -0.854. The van der Waals surface area contributed by atoms with E-state index in [-0.39, 0.29) is 6.42 Å². The highest BCUT2D eigenvalue weighted by atomic mass is 16.5. The van der Waals surface area contributed by atoms with Crippen molar-refractivity contribution in [2.45, 2.75) is 6.42 Å². The highest BCUT2D eigenvalue weighted by Crippen LogP contribution is 2.23. The molecule has 2 rings (SSSR count). The first-order chi connectivity index (χ1) is 9.17. The van der Waals surface area contributed by atoms with Crippen molar-refractivity contribution in [3.05, 3.63) is 48.2 Å². The Morgan fingerprint density at radius 3 is 2.58 bits per heavy atom. The van der Waals surface area contributed by atoms with Crippen LogP contribution >= 0.6 is 0 Å². The lowest BCUT2D eigenvalue weighted by atomic mass is 10.1. The van der Waals surface area contributed by atoms with E-state index < -0.39 is 5.97 Å². The van der Waals surface area contributed by atoms with E-state index in [1.807, 2.05) is 0 Å². The van der Waals surface area contributed by atoms with Crippen LogP contribution < -0.4 is 9.47 Å². The monoisotopic (exact) mass is 259 g/mol. The van der Waals surface area contributed by atoms with Crippen molar-refractivity contribution in [2.75, 3.05) is 7.11 Å². The number of carbonyl (C=O) groups is 1. The van der Waals surface area contributed by atoms with Gasteiger partial charge in [-0.2, -0.15) is 0 Å². The van der Waals surface area contributed by atoms with Crippen LogP contribution in [-0.2, 0) is 11.2 Å². The molecular weight excluding hydrogens is 246 g/mol. The average Bonchev–Trinajstić information content (AvgIpc) is 2.41. The quantitative estimate of drug-likeness (QED) is 0.893. The molecule has 0 spiro atoms. The number of aromatic nitrogens is 1. The largest absolute Gasteiger partial charge is 0.481 e. The summed E-state index contributed by atoms with van der Waals surface area (Å²) in [4.78, 5) is 14.5. The molecule has 0 amide bonds. The molecule has 0 aliphatic carbocycles. The first kappa shape index (κ1) is 12.9. The summed E-state index contributed by atoms with van der Waals surface area (Å²) in [5.41, 5.74) is 0.729. The van der Waals surface area contributed by atoms with Crippen molar-refractivity contribution in [3.8, 4) is 17.4 Å². The second-order valence-corrected chi connectivity index (χ2v) is 3.85. The molecule has 19 heavy (non-hydrogen) atoms. The van der Waals surface area contributed by atoms with Gasteiger partial charge in [0.15, 0.2) is 0 Å². The number of hydrogen-bond acceptors (Lipinski definition) is 4. The molecular formula is C14H13NO4. The van der Waals surface area contributed by atoms with E-state index in [9.17, 15) is 4.79 Å². The van der Waals surface area contributed by atoms with Crippen molar-refractivity contribution in [2.24, 2.45) is 0 Å². The number of aliphatic carboxylic acids is 1. The average molecular weight is 259 g/mol. The van der Waals surface area contributed by atoms with Gasteiger partial charge < -0.3 is 14.6 Å². The van der Waals surface area contributed by atoms with Gasteiger partial charge in [0.05, 0.1) is 13.5 Å². The van der Waals surface area contributed by atoms with Crippen molar-refractivity contribution in [3.63, 3.8) is 0 Å². The van der Waals surface area contributed by atoms with Gasteiger partial charge in [0.25, 0.3) is 0 Å². The Morgan fingerprint density at radius 1 is 1.21 bits per heavy atom. The predicted octanol–water partition coefficient (Wildman–Crippen LogP) is 2.51. The number of rotatable bonds is 5. The fourth-order valence-corrected chi connectivity index (χ4v) is 1.55. The van der Waals surface area contributed by atoms with Crippen LogP contribution in [0.2, 0.25) is 0 Å². The summed E-state index contributed by atoms with van der Waals surface area (Å²) in [7, 11) is 1.53. The molecule has 0 aliphatic heterocycles. The third-order valence-electron chi connectivity index (χ3n) is 2.43. The zero-order chi connectivity index (χ0) is 13.7. The lowest BCUT2D eigenvalue weighted by molar-refractivity contribution is -0.136. The van der Waals surface area contributed by atoms with E-state index >= 15 is 0 Å². The molecule has 5 nitrogen and oxygen atoms in total. The van der Waals surface area contributed by atoms with Crippen LogP contribution in [0.15, 0.2) is 42.6 Å². The Labute approximate surface area is 110 Å². The van der Waals surface area contributed by atoms with Crippen LogP contribution in [0.25, 0.3) is 0 Å². The molecule has 0 bridgehead atoms. The molecule has 0 unspecified atom stereocenters. The SMILES string of the molecule is COc1cc(Oc2ccc(CC(=O)O)cc2)ccn1. The molecule has 1 N–H and O–H groups in total. The van der Waals surface area contributed by atoms with E-state index in [2.05, 4.69) is 4.98 Å². The van der Waals surface area contributed by atoms with Crippen LogP contribution in [0.5, 0.6) is 17.4 Å². The maximum atomic E-state index is 10.6. The van der Waals surface area contributed by atoms with Gasteiger partial charge in [0.1, 0.15) is 11.5 Å². The number of carboxylic acid groups (broad SMARTS) is 1. The molecule has 0 saturated heterocycles. The van der Waals surface area contributed by atoms with Crippen molar-refractivity contribution in [1.29, 1.82) is 0 Å². The highest BCUT2D eigenvalue weighted by molar-refractivity contribution is 5.70. The Hall–Kier alpha value is -2.56. The van der Waals surface area contributed by atoms with Crippen LogP contribution in [0.1, 0.15) is 5.56 Å². The molecule has 0 aliphatic rings. The normalized spacial score (nSPS) is 9.95. The molecule has 98 valence electrons. The summed E-state index contributed by atoms with van der Waals surface area (Å²) >= 11 is 0. The van der Waals surface area contributed by atoms with Crippen molar-refractivity contribution < 1.29 is 19.4 Å². The molecule has 1 heterocycles. The van der Waals surface area contributed by atoms with Crippen LogP contribution in [-0.4, -0.2) is 23.2 Å². The summed E-state index contributed by atoms with van der Waals surface area (Å²) in [6.07, 6.45) is 1.59. The maximum Gasteiger partial charge on any atom is 0.307 e. The smallest absolute Gasteiger partial charge is 0.307 e. The van der Waals surface area contributed by atoms with Gasteiger partial charge in [-0.1, -0.05) is 12.1 Å². The van der Waals surface area contributed by atoms with Crippen molar-refractivity contribution >= 4 is 5.97 Å². The summed E-state index contributed by atoms with van der Waals surface area (Å²) in [5, 5.41) is 8.68. The lowest BCUT2D eigenvalue weighted by Crippen LogP contribution is -1.99. The van der Waals surface area contributed by atoms with E-state index in [1.54, 1.807) is 42.6 Å². The third kappa shape index (κ3) is 3.70. The van der Waals surface area contributed by atoms with Gasteiger partial charge in [-0.05, 0) is 23.8 Å². The lowest BCUT2D eigenvalue weighted by Gasteiger charge is -2.07. The molecule has 5 heteroatoms. The van der Waals surface area contributed by atoms with Gasteiger partial charge in [-0.25, -0.2) is 4.98 Å². The number of ether oxygens (including phenoxy) is 2. The van der Waals surface area contributed by atoms with E-state index in [0.717, 1.165) is 5.56 Å². The minimum absolute atomic E-state index is 0.00333. The first-order valence-electron chi connectivity index (χ1n) is 5.66. The Bertz CT molecular complexity index is 566. The topological polar surface area (TPSA) is 68.7 Å². The fourth-order valence-electron chi connectivity index (χ4n) is 1.55. The molecule has 0 atom stereocenters. The van der Waals surface area contributed by atoms with Gasteiger partial charge >= 0.3 is 5.97 Å². The van der Waals surface area contributed by atoms with Crippen molar-refractivity contribution in [1.82, 2.24) is 4.98 Å². The second-order valence-electron chi connectivity index (χ2n) is 3.85. The Kier molecular flexibility index (Phi) is 3.97. The van der Waals surface area contributed by atoms with Gasteiger partial charge in [0.2, 0.25) is 5.88 Å². The van der Waals surface area contributed by atoms with Crippen LogP contribution in [0.4, 0.5) is 0 Å². The fraction of sp³-hybridized carbons (Fsp3) is 0.143. The highest BCUT2D eigenvalue weighted by Gasteiger charge is 2.02. The van der Waals surface area contributed by atoms with Crippen LogP contribution in [0, 0.1) is 0 Å². The van der Waals surface area contributed by atoms with Gasteiger partial charge in [-0.15, -0.1) is 0 Å². The van der Waals surface area contributed by atoms with Gasteiger partial charge in [0, 0.05) is 12.3 Å². The van der Waals surface area contributed by atoms with Gasteiger partial charge in [-0.3, -0.25) is 4.79 Å². The van der Waals surface area contributed by atoms with E-state index in [4.69, 9.17) is 14.6 Å². The summed E-state index contributed by atoms with van der Waals surface area (Å²) < 4.78 is 10.6. The molecule has 1 aromatic carbocycles. The number of nitrogens with zero attached hydrogens (tertiary/aromatic N) is 1. The Balaban J connectivity index is 2.08. The third-order valence-corrected chi connectivity index (χ3v) is 2.43. The van der Waals surface area contributed by atoms with Crippen LogP contribution in [0.3, 0.4) is 0 Å². The molecule has 2 aromatic rings. The molecule has 0 saturated carbocycles. The van der Waals surface area contributed by atoms with E-state index in [1.165, 1.54) is 7.11 Å². The maximum absolute atomic E-state index is 10.6. The summed E-state index contributed by atoms with van der Waals surface area (Å²) in [5.74, 6) is 0.854. The number of benzene rings is 1. The predicted molar refractivity (Wildman–Crippen MR) is 68.6 cm³/mol. The Morgan fingerprint density at radius 2 is 1.95 bits per heavy atom. The molecule has 0 radical (unpaired) electrons. The first-order valence-corrected chi connectivity index (χ1v) is 5.66.